The Morgan fingerprint density at radius 3 is 2.45 bits per heavy atom. The van der Waals surface area contributed by atoms with Crippen LogP contribution >= 0.6 is 0 Å². The van der Waals surface area contributed by atoms with E-state index in [0.717, 1.165) is 11.3 Å². The number of benzene rings is 1. The number of piperidine rings is 1. The Balaban J connectivity index is 1.49. The second-order valence-corrected chi connectivity index (χ2v) is 7.70. The van der Waals surface area contributed by atoms with E-state index < -0.39 is 6.04 Å². The molecule has 0 radical (unpaired) electrons. The Morgan fingerprint density at radius 2 is 1.84 bits per heavy atom. The van der Waals surface area contributed by atoms with E-state index in [4.69, 9.17) is 4.42 Å². The summed E-state index contributed by atoms with van der Waals surface area (Å²) in [5, 5.41) is 0. The zero-order valence-electron chi connectivity index (χ0n) is 17.3. The van der Waals surface area contributed by atoms with E-state index in [1.54, 1.807) is 47.3 Å². The quantitative estimate of drug-likeness (QED) is 0.626. The first-order chi connectivity index (χ1) is 15.0. The van der Waals surface area contributed by atoms with Crippen molar-refractivity contribution in [1.82, 2.24) is 14.8 Å². The maximum Gasteiger partial charge on any atom is 0.289 e. The topological polar surface area (TPSA) is 66.7 Å². The van der Waals surface area contributed by atoms with Crippen LogP contribution in [0.4, 0.5) is 4.39 Å². The molecule has 31 heavy (non-hydrogen) atoms. The number of rotatable bonds is 5. The fourth-order valence-electron chi connectivity index (χ4n) is 4.08. The summed E-state index contributed by atoms with van der Waals surface area (Å²) in [4.78, 5) is 33.7. The summed E-state index contributed by atoms with van der Waals surface area (Å²) in [6, 6.07) is 14.6. The summed E-state index contributed by atoms with van der Waals surface area (Å²) >= 11 is 0. The third-order valence-corrected chi connectivity index (χ3v) is 5.75. The number of hydrogen-bond acceptors (Lipinski definition) is 4. The van der Waals surface area contributed by atoms with Crippen LogP contribution in [-0.4, -0.2) is 46.7 Å². The van der Waals surface area contributed by atoms with Crippen LogP contribution < -0.4 is 0 Å². The predicted octanol–water partition coefficient (Wildman–Crippen LogP) is 3.91. The van der Waals surface area contributed by atoms with Gasteiger partial charge in [-0.15, -0.1) is 0 Å². The number of halogens is 1. The summed E-state index contributed by atoms with van der Waals surface area (Å²) in [6.07, 6.45) is 4.32. The molecule has 0 N–H and O–H groups in total. The molecule has 1 unspecified atom stereocenters. The third kappa shape index (κ3) is 4.50. The van der Waals surface area contributed by atoms with Crippen molar-refractivity contribution in [2.75, 3.05) is 20.1 Å². The van der Waals surface area contributed by atoms with Crippen LogP contribution in [0.25, 0.3) is 0 Å². The highest BCUT2D eigenvalue weighted by Gasteiger charge is 2.33. The van der Waals surface area contributed by atoms with Gasteiger partial charge in [-0.1, -0.05) is 18.2 Å². The van der Waals surface area contributed by atoms with Crippen LogP contribution in [0, 0.1) is 11.7 Å². The summed E-state index contributed by atoms with van der Waals surface area (Å²) in [5.74, 6) is -0.371. The molecule has 1 saturated heterocycles. The average Bonchev–Trinajstić information content (AvgIpc) is 3.35. The maximum atomic E-state index is 13.5. The Labute approximate surface area is 180 Å². The Kier molecular flexibility index (Phi) is 6.11. The van der Waals surface area contributed by atoms with Gasteiger partial charge in [0.15, 0.2) is 5.76 Å². The highest BCUT2D eigenvalue weighted by molar-refractivity contribution is 5.91. The van der Waals surface area contributed by atoms with Crippen molar-refractivity contribution in [3.8, 4) is 0 Å². The molecule has 0 aliphatic carbocycles. The van der Waals surface area contributed by atoms with Gasteiger partial charge in [0.1, 0.15) is 5.82 Å². The second kappa shape index (κ2) is 9.12. The SMILES string of the molecule is CN(C(=O)C1CCN(C(=O)c2ccco2)CC1)C(c1ccc(F)cc1)c1ccccn1. The van der Waals surface area contributed by atoms with Gasteiger partial charge >= 0.3 is 0 Å². The van der Waals surface area contributed by atoms with Crippen LogP contribution in [0.5, 0.6) is 0 Å². The predicted molar refractivity (Wildman–Crippen MR) is 113 cm³/mol. The lowest BCUT2D eigenvalue weighted by Crippen LogP contribution is -2.44. The highest BCUT2D eigenvalue weighted by Crippen LogP contribution is 2.30. The number of nitrogens with zero attached hydrogens (tertiary/aromatic N) is 3. The average molecular weight is 421 g/mol. The normalized spacial score (nSPS) is 15.5. The van der Waals surface area contributed by atoms with Gasteiger partial charge in [-0.05, 0) is 54.8 Å². The highest BCUT2D eigenvalue weighted by atomic mass is 19.1. The van der Waals surface area contributed by atoms with Gasteiger partial charge in [-0.2, -0.15) is 0 Å². The van der Waals surface area contributed by atoms with Crippen LogP contribution in [0.15, 0.2) is 71.5 Å². The van der Waals surface area contributed by atoms with Crippen LogP contribution in [0.1, 0.15) is 40.7 Å². The lowest BCUT2D eigenvalue weighted by atomic mass is 9.93. The lowest BCUT2D eigenvalue weighted by molar-refractivity contribution is -0.137. The van der Waals surface area contributed by atoms with Gasteiger partial charge in [0.05, 0.1) is 18.0 Å². The summed E-state index contributed by atoms with van der Waals surface area (Å²) in [6.45, 7) is 0.989. The smallest absolute Gasteiger partial charge is 0.289 e. The molecule has 3 aromatic rings. The number of carbonyl (C=O) groups excluding carboxylic acids is 2. The van der Waals surface area contributed by atoms with Crippen molar-refractivity contribution in [3.05, 3.63) is 89.9 Å². The molecule has 0 saturated carbocycles. The van der Waals surface area contributed by atoms with Crippen LogP contribution in [-0.2, 0) is 4.79 Å². The van der Waals surface area contributed by atoms with Crippen molar-refractivity contribution in [1.29, 1.82) is 0 Å². The fraction of sp³-hybridized carbons (Fsp3) is 0.292. The van der Waals surface area contributed by atoms with Gasteiger partial charge in [0.2, 0.25) is 5.91 Å². The third-order valence-electron chi connectivity index (χ3n) is 5.75. The van der Waals surface area contributed by atoms with E-state index in [-0.39, 0.29) is 23.5 Å². The number of aromatic nitrogens is 1. The molecule has 7 heteroatoms. The number of pyridine rings is 1. The molecule has 160 valence electrons. The molecule has 2 aromatic heterocycles. The summed E-state index contributed by atoms with van der Waals surface area (Å²) in [7, 11) is 1.76. The number of amides is 2. The van der Waals surface area contributed by atoms with Crippen molar-refractivity contribution in [2.45, 2.75) is 18.9 Å². The zero-order valence-corrected chi connectivity index (χ0v) is 17.3. The van der Waals surface area contributed by atoms with Crippen molar-refractivity contribution in [3.63, 3.8) is 0 Å². The Morgan fingerprint density at radius 1 is 1.10 bits per heavy atom. The van der Waals surface area contributed by atoms with Gasteiger partial charge in [0, 0.05) is 32.3 Å². The summed E-state index contributed by atoms with van der Waals surface area (Å²) < 4.78 is 18.7. The molecule has 1 atom stereocenters. The first-order valence-corrected chi connectivity index (χ1v) is 10.3. The summed E-state index contributed by atoms with van der Waals surface area (Å²) in [5.41, 5.74) is 1.51. The van der Waals surface area contributed by atoms with Gasteiger partial charge in [-0.25, -0.2) is 4.39 Å². The Hall–Kier alpha value is -3.48. The first kappa shape index (κ1) is 20.8. The van der Waals surface area contributed by atoms with E-state index in [1.165, 1.54) is 18.4 Å². The van der Waals surface area contributed by atoms with Crippen molar-refractivity contribution < 1.29 is 18.4 Å². The number of hydrogen-bond donors (Lipinski definition) is 0. The van der Waals surface area contributed by atoms with Gasteiger partial charge in [-0.3, -0.25) is 14.6 Å². The van der Waals surface area contributed by atoms with Crippen LogP contribution in [0.2, 0.25) is 0 Å². The molecule has 1 aliphatic heterocycles. The fourth-order valence-corrected chi connectivity index (χ4v) is 4.08. The lowest BCUT2D eigenvalue weighted by Gasteiger charge is -2.35. The monoisotopic (exact) mass is 421 g/mol. The van der Waals surface area contributed by atoms with E-state index in [2.05, 4.69) is 4.98 Å². The molecule has 0 spiro atoms. The number of furan rings is 1. The maximum absolute atomic E-state index is 13.5. The molecule has 1 aliphatic rings. The van der Waals surface area contributed by atoms with Gasteiger partial charge < -0.3 is 14.2 Å². The van der Waals surface area contributed by atoms with E-state index in [0.29, 0.717) is 31.7 Å². The molecular formula is C24H24FN3O3. The Bertz CT molecular complexity index is 1010. The standard InChI is InChI=1S/C24H24FN3O3/c1-27(22(20-5-2-3-13-26-20)17-7-9-19(25)10-8-17)23(29)18-11-14-28(15-12-18)24(30)21-6-4-16-31-21/h2-10,13,16,18,22H,11-12,14-15H2,1H3. The number of likely N-dealkylation sites (tertiary alicyclic amines) is 1. The molecule has 1 aromatic carbocycles. The zero-order chi connectivity index (χ0) is 21.8. The van der Waals surface area contributed by atoms with Gasteiger partial charge in [0.25, 0.3) is 5.91 Å². The van der Waals surface area contributed by atoms with Crippen molar-refractivity contribution in [2.24, 2.45) is 5.92 Å². The largest absolute Gasteiger partial charge is 0.459 e. The second-order valence-electron chi connectivity index (χ2n) is 7.70. The molecule has 1 fully saturated rings. The first-order valence-electron chi connectivity index (χ1n) is 10.3. The van der Waals surface area contributed by atoms with Crippen LogP contribution in [0.3, 0.4) is 0 Å². The molecule has 6 nitrogen and oxygen atoms in total. The molecule has 2 amide bonds. The molecule has 0 bridgehead atoms. The minimum atomic E-state index is -0.419. The van der Waals surface area contributed by atoms with Crippen molar-refractivity contribution >= 4 is 11.8 Å². The van der Waals surface area contributed by atoms with E-state index in [9.17, 15) is 14.0 Å². The molecule has 3 heterocycles. The number of carbonyl (C=O) groups is 2. The van der Waals surface area contributed by atoms with E-state index >= 15 is 0 Å². The minimum absolute atomic E-state index is 0.00919. The molecule has 4 rings (SSSR count). The molecular weight excluding hydrogens is 397 g/mol. The van der Waals surface area contributed by atoms with E-state index in [1.807, 2.05) is 18.2 Å². The minimum Gasteiger partial charge on any atom is -0.459 e.